The second-order valence-corrected chi connectivity index (χ2v) is 8.15. The largest absolute Gasteiger partial charge is 0.358 e. The zero-order valence-corrected chi connectivity index (χ0v) is 14.0. The van der Waals surface area contributed by atoms with E-state index in [1.54, 1.807) is 0 Å². The maximum atomic E-state index is 13.1. The highest BCUT2D eigenvalue weighted by atomic mass is 16.1. The lowest BCUT2D eigenvalue weighted by atomic mass is 9.70. The molecular weight excluding hydrogens is 270 g/mol. The molecule has 2 nitrogen and oxygen atoms in total. The Kier molecular flexibility index (Phi) is 2.71. The average Bonchev–Trinajstić information content (AvgIpc) is 2.95. The summed E-state index contributed by atoms with van der Waals surface area (Å²) in [7, 11) is 0. The van der Waals surface area contributed by atoms with Gasteiger partial charge >= 0.3 is 0 Å². The molecule has 0 amide bonds. The van der Waals surface area contributed by atoms with E-state index in [0.717, 1.165) is 12.8 Å². The van der Waals surface area contributed by atoms with Crippen LogP contribution in [0.15, 0.2) is 24.3 Å². The minimum absolute atomic E-state index is 0.109. The first kappa shape index (κ1) is 14.0. The first-order valence-electron chi connectivity index (χ1n) is 8.47. The smallest absolute Gasteiger partial charge is 0.142 e. The van der Waals surface area contributed by atoms with Crippen molar-refractivity contribution in [3.05, 3.63) is 35.5 Å². The van der Waals surface area contributed by atoms with Gasteiger partial charge in [0.15, 0.2) is 0 Å². The van der Waals surface area contributed by atoms with Gasteiger partial charge in [0.25, 0.3) is 0 Å². The second-order valence-electron chi connectivity index (χ2n) is 8.15. The van der Waals surface area contributed by atoms with Crippen molar-refractivity contribution >= 4 is 16.7 Å². The van der Waals surface area contributed by atoms with E-state index < -0.39 is 0 Å². The molecule has 22 heavy (non-hydrogen) atoms. The molecule has 0 spiro atoms. The Morgan fingerprint density at radius 3 is 2.64 bits per heavy atom. The van der Waals surface area contributed by atoms with E-state index in [-0.39, 0.29) is 16.7 Å². The number of hydrogen-bond acceptors (Lipinski definition) is 1. The van der Waals surface area contributed by atoms with Gasteiger partial charge in [0.05, 0.1) is 0 Å². The van der Waals surface area contributed by atoms with Gasteiger partial charge in [0, 0.05) is 27.9 Å². The lowest BCUT2D eigenvalue weighted by Gasteiger charge is -2.32. The third kappa shape index (κ3) is 1.53. The minimum atomic E-state index is -0.109. The van der Waals surface area contributed by atoms with Gasteiger partial charge in [0.1, 0.15) is 5.78 Å². The highest BCUT2D eigenvalue weighted by molar-refractivity contribution is 5.93. The molecule has 4 rings (SSSR count). The standard InChI is InChI=1S/C20H25NO/c1-12-14(13-7-5-6-8-17(13)21-12)11-15-16-9-10-20(4,18(15)22)19(16,2)3/h5-8,15-16,21H,9-11H2,1-4H3/t15-,16-,20+/m1/s1. The van der Waals surface area contributed by atoms with Crippen LogP contribution in [-0.2, 0) is 11.2 Å². The lowest BCUT2D eigenvalue weighted by molar-refractivity contribution is -0.131. The summed E-state index contributed by atoms with van der Waals surface area (Å²) in [5.74, 6) is 1.25. The maximum Gasteiger partial charge on any atom is 0.142 e. The van der Waals surface area contributed by atoms with E-state index >= 15 is 0 Å². The maximum absolute atomic E-state index is 13.1. The normalized spacial score (nSPS) is 33.0. The van der Waals surface area contributed by atoms with Crippen LogP contribution in [0, 0.1) is 29.6 Å². The molecule has 2 aliphatic rings. The number of hydrogen-bond donors (Lipinski definition) is 1. The molecule has 1 N–H and O–H groups in total. The number of fused-ring (bicyclic) bond motifs is 3. The van der Waals surface area contributed by atoms with Gasteiger partial charge in [-0.2, -0.15) is 0 Å². The van der Waals surface area contributed by atoms with Crippen LogP contribution >= 0.6 is 0 Å². The average molecular weight is 295 g/mol. The molecule has 1 aromatic carbocycles. The second kappa shape index (κ2) is 4.24. The summed E-state index contributed by atoms with van der Waals surface area (Å²) in [5, 5.41) is 1.29. The number of carbonyl (C=O) groups excluding carboxylic acids is 1. The predicted octanol–water partition coefficient (Wildman–Crippen LogP) is 4.66. The number of rotatable bonds is 2. The van der Waals surface area contributed by atoms with Crippen LogP contribution in [-0.4, -0.2) is 10.8 Å². The zero-order valence-electron chi connectivity index (χ0n) is 14.0. The molecule has 2 bridgehead atoms. The zero-order chi connectivity index (χ0) is 15.7. The number of para-hydroxylation sites is 1. The number of aromatic nitrogens is 1. The van der Waals surface area contributed by atoms with Crippen LogP contribution in [0.1, 0.15) is 44.9 Å². The van der Waals surface area contributed by atoms with Crippen LogP contribution in [0.5, 0.6) is 0 Å². The SMILES string of the molecule is Cc1[nH]c2ccccc2c1C[C@H]1C(=O)[C@]2(C)CC[C@H]1C2(C)C. The van der Waals surface area contributed by atoms with Crippen LogP contribution < -0.4 is 0 Å². The fourth-order valence-electron chi connectivity index (χ4n) is 5.33. The Morgan fingerprint density at radius 1 is 1.23 bits per heavy atom. The van der Waals surface area contributed by atoms with Crippen LogP contribution in [0.2, 0.25) is 0 Å². The Balaban J connectivity index is 1.75. The third-order valence-corrected chi connectivity index (χ3v) is 7.12. The number of carbonyl (C=O) groups is 1. The van der Waals surface area contributed by atoms with Gasteiger partial charge in [-0.25, -0.2) is 0 Å². The van der Waals surface area contributed by atoms with Gasteiger partial charge in [-0.3, -0.25) is 4.79 Å². The highest BCUT2D eigenvalue weighted by Crippen LogP contribution is 2.66. The highest BCUT2D eigenvalue weighted by Gasteiger charge is 2.65. The van der Waals surface area contributed by atoms with E-state index in [1.165, 1.54) is 28.6 Å². The molecule has 116 valence electrons. The van der Waals surface area contributed by atoms with Crippen molar-refractivity contribution < 1.29 is 4.79 Å². The number of nitrogens with one attached hydrogen (secondary N) is 1. The fourth-order valence-corrected chi connectivity index (χ4v) is 5.33. The van der Waals surface area contributed by atoms with Crippen molar-refractivity contribution in [1.82, 2.24) is 4.98 Å². The Morgan fingerprint density at radius 2 is 1.95 bits per heavy atom. The predicted molar refractivity (Wildman–Crippen MR) is 89.8 cm³/mol. The van der Waals surface area contributed by atoms with Gasteiger partial charge in [-0.05, 0) is 49.1 Å². The van der Waals surface area contributed by atoms with Crippen molar-refractivity contribution in [1.29, 1.82) is 0 Å². The van der Waals surface area contributed by atoms with Crippen molar-refractivity contribution in [3.63, 3.8) is 0 Å². The molecular formula is C20H25NO. The number of ketones is 1. The molecule has 1 heterocycles. The third-order valence-electron chi connectivity index (χ3n) is 7.12. The quantitative estimate of drug-likeness (QED) is 0.858. The summed E-state index contributed by atoms with van der Waals surface area (Å²) in [6.07, 6.45) is 3.19. The topological polar surface area (TPSA) is 32.9 Å². The summed E-state index contributed by atoms with van der Waals surface area (Å²) in [5.41, 5.74) is 3.80. The monoisotopic (exact) mass is 295 g/mol. The summed E-state index contributed by atoms with van der Waals surface area (Å²) >= 11 is 0. The lowest BCUT2D eigenvalue weighted by Crippen LogP contribution is -2.33. The van der Waals surface area contributed by atoms with Crippen molar-refractivity contribution in [2.75, 3.05) is 0 Å². The molecule has 0 aliphatic heterocycles. The van der Waals surface area contributed by atoms with Gasteiger partial charge in [0.2, 0.25) is 0 Å². The number of aromatic amines is 1. The molecule has 2 saturated carbocycles. The summed E-state index contributed by atoms with van der Waals surface area (Å²) in [6, 6.07) is 8.46. The molecule has 2 aromatic rings. The van der Waals surface area contributed by atoms with Crippen LogP contribution in [0.4, 0.5) is 0 Å². The fraction of sp³-hybridized carbons (Fsp3) is 0.550. The van der Waals surface area contributed by atoms with Crippen molar-refractivity contribution in [2.24, 2.45) is 22.7 Å². The Labute approximate surface area is 132 Å². The summed E-state index contributed by atoms with van der Waals surface area (Å²) in [6.45, 7) is 8.96. The minimum Gasteiger partial charge on any atom is -0.358 e. The van der Waals surface area contributed by atoms with Gasteiger partial charge in [-0.1, -0.05) is 39.0 Å². The van der Waals surface area contributed by atoms with Crippen LogP contribution in [0.25, 0.3) is 10.9 Å². The Hall–Kier alpha value is -1.57. The van der Waals surface area contributed by atoms with E-state index in [2.05, 4.69) is 56.9 Å². The molecule has 3 atom stereocenters. The van der Waals surface area contributed by atoms with Gasteiger partial charge < -0.3 is 4.98 Å². The van der Waals surface area contributed by atoms with Crippen LogP contribution in [0.3, 0.4) is 0 Å². The molecule has 2 aliphatic carbocycles. The van der Waals surface area contributed by atoms with E-state index in [9.17, 15) is 4.79 Å². The van der Waals surface area contributed by atoms with E-state index in [0.29, 0.717) is 11.7 Å². The van der Waals surface area contributed by atoms with E-state index in [1.807, 2.05) is 0 Å². The van der Waals surface area contributed by atoms with Crippen molar-refractivity contribution in [2.45, 2.75) is 47.0 Å². The first-order chi connectivity index (χ1) is 10.4. The number of benzene rings is 1. The molecule has 1 aromatic heterocycles. The number of Topliss-reactive ketones (excluding diaryl/α,β-unsaturated/α-hetero) is 1. The molecule has 2 heteroatoms. The molecule has 0 radical (unpaired) electrons. The number of aryl methyl sites for hydroxylation is 1. The van der Waals surface area contributed by atoms with Gasteiger partial charge in [-0.15, -0.1) is 0 Å². The van der Waals surface area contributed by atoms with Crippen molar-refractivity contribution in [3.8, 4) is 0 Å². The summed E-state index contributed by atoms with van der Waals surface area (Å²) < 4.78 is 0. The molecule has 0 unspecified atom stereocenters. The Bertz CT molecular complexity index is 769. The molecule has 0 saturated heterocycles. The van der Waals surface area contributed by atoms with E-state index in [4.69, 9.17) is 0 Å². The first-order valence-corrected chi connectivity index (χ1v) is 8.47. The number of H-pyrrole nitrogens is 1. The molecule has 2 fully saturated rings. The summed E-state index contributed by atoms with van der Waals surface area (Å²) in [4.78, 5) is 16.5.